The number of rotatable bonds is 5. The van der Waals surface area contributed by atoms with Crippen LogP contribution < -0.4 is 5.73 Å². The van der Waals surface area contributed by atoms with E-state index in [9.17, 15) is 4.79 Å². The average Bonchev–Trinajstić information content (AvgIpc) is 2.88. The first-order valence-corrected chi connectivity index (χ1v) is 5.27. The van der Waals surface area contributed by atoms with Gasteiger partial charge in [0.2, 0.25) is 0 Å². The Morgan fingerprint density at radius 2 is 2.29 bits per heavy atom. The van der Waals surface area contributed by atoms with E-state index in [0.29, 0.717) is 30.6 Å². The van der Waals surface area contributed by atoms with Crippen molar-refractivity contribution in [3.8, 4) is 0 Å². The second kappa shape index (κ2) is 5.14. The Morgan fingerprint density at radius 3 is 2.71 bits per heavy atom. The van der Waals surface area contributed by atoms with E-state index in [4.69, 9.17) is 22.7 Å². The lowest BCUT2D eigenvalue weighted by molar-refractivity contribution is 0.105. The fraction of sp³-hybridized carbons (Fsp3) is 0.778. The summed E-state index contributed by atoms with van der Waals surface area (Å²) in [5.74, 6) is 0. The van der Waals surface area contributed by atoms with Gasteiger partial charge in [0.05, 0.1) is 11.6 Å². The minimum Gasteiger partial charge on any atom is -0.450 e. The quantitative estimate of drug-likeness (QED) is 0.703. The summed E-state index contributed by atoms with van der Waals surface area (Å²) in [5.41, 5.74) is 5.39. The average molecular weight is 216 g/mol. The molecule has 0 aromatic rings. The molecule has 0 aromatic carbocycles. The first kappa shape index (κ1) is 11.2. The van der Waals surface area contributed by atoms with E-state index >= 15 is 0 Å². The molecule has 1 rings (SSSR count). The fourth-order valence-electron chi connectivity index (χ4n) is 1.25. The molecule has 5 heteroatoms. The minimum atomic E-state index is -0.244. The Bertz CT molecular complexity index is 229. The van der Waals surface area contributed by atoms with Crippen LogP contribution in [0.2, 0.25) is 0 Å². The summed E-state index contributed by atoms with van der Waals surface area (Å²) >= 11 is 4.77. The topological polar surface area (TPSA) is 55.6 Å². The Hall–Kier alpha value is -0.840. The standard InChI is InChI=1S/C9H16N2O2S/c1-2-13-9(12)11(7-3-4-7)6-5-8(10)14/h7H,2-6H2,1H3,(H2,10,14). The van der Waals surface area contributed by atoms with Crippen LogP contribution in [0.1, 0.15) is 26.2 Å². The van der Waals surface area contributed by atoms with E-state index in [1.165, 1.54) is 0 Å². The molecule has 1 amide bonds. The van der Waals surface area contributed by atoms with Gasteiger partial charge in [0.1, 0.15) is 0 Å². The zero-order valence-corrected chi connectivity index (χ0v) is 9.18. The monoisotopic (exact) mass is 216 g/mol. The summed E-state index contributed by atoms with van der Waals surface area (Å²) in [6, 6.07) is 0.350. The van der Waals surface area contributed by atoms with Crippen LogP contribution in [0.4, 0.5) is 4.79 Å². The molecule has 0 radical (unpaired) electrons. The number of hydrogen-bond donors (Lipinski definition) is 1. The summed E-state index contributed by atoms with van der Waals surface area (Å²) in [6.45, 7) is 2.80. The second-order valence-electron chi connectivity index (χ2n) is 3.34. The summed E-state index contributed by atoms with van der Waals surface area (Å²) < 4.78 is 4.94. The Morgan fingerprint density at radius 1 is 1.64 bits per heavy atom. The molecule has 2 N–H and O–H groups in total. The molecule has 4 nitrogen and oxygen atoms in total. The number of nitrogens with two attached hydrogens (primary N) is 1. The van der Waals surface area contributed by atoms with Crippen LogP contribution >= 0.6 is 12.2 Å². The zero-order chi connectivity index (χ0) is 10.6. The highest BCUT2D eigenvalue weighted by Crippen LogP contribution is 2.27. The number of ether oxygens (including phenoxy) is 1. The van der Waals surface area contributed by atoms with Crippen molar-refractivity contribution in [2.45, 2.75) is 32.2 Å². The SMILES string of the molecule is CCOC(=O)N(CCC(N)=S)C1CC1. The van der Waals surface area contributed by atoms with Crippen molar-refractivity contribution in [1.29, 1.82) is 0 Å². The Kier molecular flexibility index (Phi) is 4.13. The van der Waals surface area contributed by atoms with Gasteiger partial charge in [0, 0.05) is 19.0 Å². The van der Waals surface area contributed by atoms with Crippen molar-refractivity contribution < 1.29 is 9.53 Å². The zero-order valence-electron chi connectivity index (χ0n) is 8.36. The van der Waals surface area contributed by atoms with Gasteiger partial charge in [0.15, 0.2) is 0 Å². The van der Waals surface area contributed by atoms with Crippen molar-refractivity contribution in [2.24, 2.45) is 5.73 Å². The molecule has 14 heavy (non-hydrogen) atoms. The van der Waals surface area contributed by atoms with Crippen molar-refractivity contribution in [1.82, 2.24) is 4.90 Å². The van der Waals surface area contributed by atoms with Crippen molar-refractivity contribution in [3.05, 3.63) is 0 Å². The lowest BCUT2D eigenvalue weighted by atomic mass is 10.4. The maximum Gasteiger partial charge on any atom is 0.410 e. The normalized spacial score (nSPS) is 14.9. The van der Waals surface area contributed by atoms with Crippen LogP contribution in [0.15, 0.2) is 0 Å². The van der Waals surface area contributed by atoms with Gasteiger partial charge in [-0.1, -0.05) is 12.2 Å². The predicted molar refractivity (Wildman–Crippen MR) is 58.2 cm³/mol. The Labute approximate surface area is 89.4 Å². The molecule has 0 heterocycles. The lowest BCUT2D eigenvalue weighted by Gasteiger charge is -2.20. The molecule has 0 atom stereocenters. The molecule has 0 saturated heterocycles. The molecule has 0 aromatic heterocycles. The molecule has 1 saturated carbocycles. The molecular formula is C9H16N2O2S. The molecule has 0 bridgehead atoms. The molecule has 0 aliphatic heterocycles. The number of carbonyl (C=O) groups excluding carboxylic acids is 1. The number of carbonyl (C=O) groups is 1. The Balaban J connectivity index is 2.38. The molecule has 0 spiro atoms. The third kappa shape index (κ3) is 3.49. The molecule has 0 unspecified atom stereocenters. The molecule has 1 aliphatic carbocycles. The van der Waals surface area contributed by atoms with Gasteiger partial charge >= 0.3 is 6.09 Å². The first-order valence-electron chi connectivity index (χ1n) is 4.86. The predicted octanol–water partition coefficient (Wildman–Crippen LogP) is 1.28. The van der Waals surface area contributed by atoms with Gasteiger partial charge in [-0.2, -0.15) is 0 Å². The van der Waals surface area contributed by atoms with Crippen molar-refractivity contribution in [3.63, 3.8) is 0 Å². The van der Waals surface area contributed by atoms with Gasteiger partial charge in [0.25, 0.3) is 0 Å². The van der Waals surface area contributed by atoms with Crippen LogP contribution in [0.3, 0.4) is 0 Å². The smallest absolute Gasteiger partial charge is 0.410 e. The van der Waals surface area contributed by atoms with E-state index in [2.05, 4.69) is 0 Å². The molecule has 1 aliphatic rings. The number of nitrogens with zero attached hydrogens (tertiary/aromatic N) is 1. The van der Waals surface area contributed by atoms with E-state index in [1.54, 1.807) is 11.8 Å². The van der Waals surface area contributed by atoms with E-state index in [0.717, 1.165) is 12.8 Å². The van der Waals surface area contributed by atoms with Crippen LogP contribution in [0, 0.1) is 0 Å². The number of hydrogen-bond acceptors (Lipinski definition) is 3. The lowest BCUT2D eigenvalue weighted by Crippen LogP contribution is -2.36. The van der Waals surface area contributed by atoms with Crippen LogP contribution in [0.25, 0.3) is 0 Å². The summed E-state index contributed by atoms with van der Waals surface area (Å²) in [4.78, 5) is 13.6. The van der Waals surface area contributed by atoms with Crippen LogP contribution in [0.5, 0.6) is 0 Å². The summed E-state index contributed by atoms with van der Waals surface area (Å²) in [6.07, 6.45) is 2.46. The highest BCUT2D eigenvalue weighted by atomic mass is 32.1. The molecule has 1 fully saturated rings. The third-order valence-corrected chi connectivity index (χ3v) is 2.29. The maximum absolute atomic E-state index is 11.5. The van der Waals surface area contributed by atoms with Gasteiger partial charge in [-0.3, -0.25) is 0 Å². The van der Waals surface area contributed by atoms with Crippen molar-refractivity contribution in [2.75, 3.05) is 13.2 Å². The highest BCUT2D eigenvalue weighted by Gasteiger charge is 2.33. The minimum absolute atomic E-state index is 0.244. The third-order valence-electron chi connectivity index (χ3n) is 2.09. The van der Waals surface area contributed by atoms with Gasteiger partial charge in [-0.25, -0.2) is 4.79 Å². The highest BCUT2D eigenvalue weighted by molar-refractivity contribution is 7.80. The van der Waals surface area contributed by atoms with Crippen LogP contribution in [-0.4, -0.2) is 35.2 Å². The van der Waals surface area contributed by atoms with Gasteiger partial charge in [-0.05, 0) is 19.8 Å². The van der Waals surface area contributed by atoms with Crippen LogP contribution in [-0.2, 0) is 4.74 Å². The largest absolute Gasteiger partial charge is 0.450 e. The van der Waals surface area contributed by atoms with E-state index < -0.39 is 0 Å². The fourth-order valence-corrected chi connectivity index (χ4v) is 1.34. The van der Waals surface area contributed by atoms with Gasteiger partial charge < -0.3 is 15.4 Å². The maximum atomic E-state index is 11.5. The summed E-state index contributed by atoms with van der Waals surface area (Å²) in [5, 5.41) is 0. The number of amides is 1. The molecular weight excluding hydrogens is 200 g/mol. The summed E-state index contributed by atoms with van der Waals surface area (Å²) in [7, 11) is 0. The van der Waals surface area contributed by atoms with E-state index in [1.807, 2.05) is 0 Å². The number of thiocarbonyl (C=S) groups is 1. The molecule has 80 valence electrons. The van der Waals surface area contributed by atoms with Crippen molar-refractivity contribution >= 4 is 23.3 Å². The second-order valence-corrected chi connectivity index (χ2v) is 3.86. The van der Waals surface area contributed by atoms with E-state index in [-0.39, 0.29) is 6.09 Å². The first-order chi connectivity index (χ1) is 6.65. The van der Waals surface area contributed by atoms with Gasteiger partial charge in [-0.15, -0.1) is 0 Å².